The van der Waals surface area contributed by atoms with Crippen LogP contribution in [-0.2, 0) is 0 Å². The Morgan fingerprint density at radius 1 is 0.412 bits per heavy atom. The Bertz CT molecular complexity index is 57.9. The largest absolute Gasteiger partial charge is 0.412 e. The van der Waals surface area contributed by atoms with E-state index in [9.17, 15) is 0 Å². The molecule has 0 unspecified atom stereocenters. The summed E-state index contributed by atoms with van der Waals surface area (Å²) < 4.78 is 0. The zero-order valence-electron chi connectivity index (χ0n) is 12.6. The third kappa shape index (κ3) is 75200. The van der Waals surface area contributed by atoms with Crippen LogP contribution in [0, 0.1) is 0 Å². The maximum Gasteiger partial charge on any atom is 0.0483 e. The number of hydrogen-bond donors (Lipinski definition) is 4. The standard InChI is InChI=1S/4C3H8O.H2O/c4*1-3(2)4;/h4*3-4H,1-2H3;1H2. The normalized spacial score (nSPS) is 8.47. The molecule has 0 bridgehead atoms. The summed E-state index contributed by atoms with van der Waals surface area (Å²) in [6.07, 6.45) is -0.667. The average molecular weight is 258 g/mol. The van der Waals surface area contributed by atoms with E-state index in [-0.39, 0.29) is 29.9 Å². The molecule has 0 rings (SSSR count). The first-order chi connectivity index (χ1) is 6.93. The highest BCUT2D eigenvalue weighted by molar-refractivity contribution is 4.21. The molecule has 0 fully saturated rings. The molecule has 0 saturated carbocycles. The van der Waals surface area contributed by atoms with E-state index < -0.39 is 0 Å². The van der Waals surface area contributed by atoms with Crippen molar-refractivity contribution in [1.29, 1.82) is 0 Å². The molecule has 112 valence electrons. The zero-order chi connectivity index (χ0) is 14.3. The Hall–Kier alpha value is -0.200. The molecule has 0 aliphatic heterocycles. The van der Waals surface area contributed by atoms with Gasteiger partial charge in [0, 0.05) is 24.4 Å². The molecule has 0 aliphatic rings. The van der Waals surface area contributed by atoms with Crippen molar-refractivity contribution in [2.75, 3.05) is 0 Å². The van der Waals surface area contributed by atoms with E-state index >= 15 is 0 Å². The molecule has 5 nitrogen and oxygen atoms in total. The highest BCUT2D eigenvalue weighted by Crippen LogP contribution is 1.66. The van der Waals surface area contributed by atoms with Gasteiger partial charge in [0.05, 0.1) is 0 Å². The van der Waals surface area contributed by atoms with Crippen molar-refractivity contribution in [3.05, 3.63) is 0 Å². The van der Waals surface area contributed by atoms with Gasteiger partial charge < -0.3 is 25.9 Å². The van der Waals surface area contributed by atoms with Gasteiger partial charge in [-0.1, -0.05) is 0 Å². The summed E-state index contributed by atoms with van der Waals surface area (Å²) >= 11 is 0. The van der Waals surface area contributed by atoms with Crippen molar-refractivity contribution in [1.82, 2.24) is 0 Å². The lowest BCUT2D eigenvalue weighted by molar-refractivity contribution is 0.215. The summed E-state index contributed by atoms with van der Waals surface area (Å²) in [5.41, 5.74) is 0. The van der Waals surface area contributed by atoms with Gasteiger partial charge in [-0.15, -0.1) is 0 Å². The predicted molar refractivity (Wildman–Crippen MR) is 73.0 cm³/mol. The highest BCUT2D eigenvalue weighted by Gasteiger charge is 1.70. The first kappa shape index (κ1) is 30.1. The van der Waals surface area contributed by atoms with E-state index in [0.717, 1.165) is 0 Å². The second-order valence-corrected chi connectivity index (χ2v) is 4.37. The van der Waals surface area contributed by atoms with E-state index in [1.165, 1.54) is 0 Å². The first-order valence-corrected chi connectivity index (χ1v) is 5.65. The number of aliphatic hydroxyl groups is 4. The van der Waals surface area contributed by atoms with E-state index in [0.29, 0.717) is 0 Å². The lowest BCUT2D eigenvalue weighted by Gasteiger charge is -1.80. The van der Waals surface area contributed by atoms with Crippen LogP contribution in [0.25, 0.3) is 0 Å². The molecular formula is C12H34O5. The number of rotatable bonds is 0. The number of aliphatic hydroxyl groups excluding tert-OH is 4. The summed E-state index contributed by atoms with van der Waals surface area (Å²) in [5.74, 6) is 0. The average Bonchev–Trinajstić information content (AvgIpc) is 1.76. The van der Waals surface area contributed by atoms with Crippen LogP contribution in [0.15, 0.2) is 0 Å². The van der Waals surface area contributed by atoms with Crippen molar-refractivity contribution in [3.63, 3.8) is 0 Å². The van der Waals surface area contributed by atoms with E-state index in [4.69, 9.17) is 20.4 Å². The second kappa shape index (κ2) is 24.9. The van der Waals surface area contributed by atoms with Gasteiger partial charge in [-0.25, -0.2) is 0 Å². The minimum Gasteiger partial charge on any atom is -0.412 e. The molecule has 0 atom stereocenters. The van der Waals surface area contributed by atoms with Crippen LogP contribution in [0.5, 0.6) is 0 Å². The molecule has 0 aromatic carbocycles. The minimum absolute atomic E-state index is 0. The van der Waals surface area contributed by atoms with Gasteiger partial charge in [0.1, 0.15) is 0 Å². The topological polar surface area (TPSA) is 112 Å². The fourth-order valence-corrected chi connectivity index (χ4v) is 0. The molecule has 0 heterocycles. The molecular weight excluding hydrogens is 224 g/mol. The number of hydrogen-bond acceptors (Lipinski definition) is 4. The van der Waals surface area contributed by atoms with Crippen molar-refractivity contribution in [2.24, 2.45) is 0 Å². The molecule has 0 aromatic rings. The van der Waals surface area contributed by atoms with Crippen molar-refractivity contribution >= 4 is 0 Å². The SMILES string of the molecule is CC(C)O.CC(C)O.CC(C)O.CC(C)O.O. The quantitative estimate of drug-likeness (QED) is 0.513. The van der Waals surface area contributed by atoms with Crippen molar-refractivity contribution in [2.45, 2.75) is 79.8 Å². The molecule has 0 saturated heterocycles. The van der Waals surface area contributed by atoms with Crippen LogP contribution in [0.2, 0.25) is 0 Å². The van der Waals surface area contributed by atoms with Crippen LogP contribution in [0.1, 0.15) is 55.4 Å². The van der Waals surface area contributed by atoms with Gasteiger partial charge in [0.2, 0.25) is 0 Å². The maximum atomic E-state index is 8.06. The predicted octanol–water partition coefficient (Wildman–Crippen LogP) is 0.724. The molecule has 0 aliphatic carbocycles. The fourth-order valence-electron chi connectivity index (χ4n) is 0. The summed E-state index contributed by atoms with van der Waals surface area (Å²) in [6, 6.07) is 0. The Morgan fingerprint density at radius 3 is 0.412 bits per heavy atom. The van der Waals surface area contributed by atoms with Gasteiger partial charge in [-0.05, 0) is 55.4 Å². The third-order valence-electron chi connectivity index (χ3n) is 0. The second-order valence-electron chi connectivity index (χ2n) is 4.37. The zero-order valence-corrected chi connectivity index (χ0v) is 12.6. The summed E-state index contributed by atoms with van der Waals surface area (Å²) in [5, 5.41) is 32.2. The molecule has 0 radical (unpaired) electrons. The van der Waals surface area contributed by atoms with Crippen LogP contribution in [0.3, 0.4) is 0 Å². The van der Waals surface area contributed by atoms with Gasteiger partial charge in [0.15, 0.2) is 0 Å². The Balaban J connectivity index is -0.0000000369. The van der Waals surface area contributed by atoms with Gasteiger partial charge in [-0.2, -0.15) is 0 Å². The van der Waals surface area contributed by atoms with Crippen LogP contribution < -0.4 is 0 Å². The molecule has 0 spiro atoms. The molecule has 5 heteroatoms. The summed E-state index contributed by atoms with van der Waals surface area (Å²) in [7, 11) is 0. The highest BCUT2D eigenvalue weighted by atomic mass is 16.3. The molecule has 0 amide bonds. The monoisotopic (exact) mass is 258 g/mol. The van der Waals surface area contributed by atoms with Gasteiger partial charge in [-0.3, -0.25) is 0 Å². The van der Waals surface area contributed by atoms with E-state index in [2.05, 4.69) is 0 Å². The van der Waals surface area contributed by atoms with E-state index in [1.54, 1.807) is 55.4 Å². The van der Waals surface area contributed by atoms with Crippen LogP contribution in [0.4, 0.5) is 0 Å². The smallest absolute Gasteiger partial charge is 0.0483 e. The van der Waals surface area contributed by atoms with Crippen molar-refractivity contribution < 1.29 is 25.9 Å². The third-order valence-corrected chi connectivity index (χ3v) is 0. The summed E-state index contributed by atoms with van der Waals surface area (Å²) in [4.78, 5) is 0. The van der Waals surface area contributed by atoms with Crippen molar-refractivity contribution in [3.8, 4) is 0 Å². The van der Waals surface area contributed by atoms with Gasteiger partial charge in [0.25, 0.3) is 0 Å². The van der Waals surface area contributed by atoms with Crippen LogP contribution >= 0.6 is 0 Å². The molecule has 0 aromatic heterocycles. The maximum absolute atomic E-state index is 8.06. The Labute approximate surface area is 106 Å². The minimum atomic E-state index is -0.167. The lowest BCUT2D eigenvalue weighted by Crippen LogP contribution is -1.85. The Morgan fingerprint density at radius 2 is 0.412 bits per heavy atom. The summed E-state index contributed by atoms with van der Waals surface area (Å²) in [6.45, 7) is 13.8. The van der Waals surface area contributed by atoms with Gasteiger partial charge >= 0.3 is 0 Å². The molecule has 6 N–H and O–H groups in total. The Kier molecular flexibility index (Phi) is 44.0. The lowest BCUT2D eigenvalue weighted by atomic mass is 10.5. The van der Waals surface area contributed by atoms with E-state index in [1.807, 2.05) is 0 Å². The first-order valence-electron chi connectivity index (χ1n) is 5.65. The van der Waals surface area contributed by atoms with Crippen LogP contribution in [-0.4, -0.2) is 50.3 Å². The fraction of sp³-hybridized carbons (Fsp3) is 1.00. The molecule has 17 heavy (non-hydrogen) atoms.